The molecule has 0 bridgehead atoms. The number of hydrogen-bond acceptors (Lipinski definition) is 8. The Kier molecular flexibility index (Phi) is 13.6. The Hall–Kier alpha value is -5.45. The van der Waals surface area contributed by atoms with Crippen molar-refractivity contribution < 1.29 is 45.9 Å². The molecule has 0 saturated carbocycles. The van der Waals surface area contributed by atoms with Crippen molar-refractivity contribution in [2.24, 2.45) is 0 Å². The van der Waals surface area contributed by atoms with E-state index in [4.69, 9.17) is 4.74 Å². The highest BCUT2D eigenvalue weighted by Crippen LogP contribution is 2.32. The summed E-state index contributed by atoms with van der Waals surface area (Å²) in [7, 11) is 4.07. The van der Waals surface area contributed by atoms with Gasteiger partial charge in [-0.25, -0.2) is 19.2 Å². The van der Waals surface area contributed by atoms with E-state index in [1.807, 2.05) is 52.8 Å². The molecule has 2 aromatic heterocycles. The van der Waals surface area contributed by atoms with Crippen LogP contribution in [0, 0.1) is 11.6 Å². The van der Waals surface area contributed by atoms with Gasteiger partial charge in [0.1, 0.15) is 5.60 Å². The van der Waals surface area contributed by atoms with Crippen molar-refractivity contribution in [3.63, 3.8) is 0 Å². The van der Waals surface area contributed by atoms with Gasteiger partial charge in [-0.2, -0.15) is 13.2 Å². The number of alkyl halides is 2. The zero-order valence-electron chi connectivity index (χ0n) is 33.2. The lowest BCUT2D eigenvalue weighted by Crippen LogP contribution is -2.55. The number of nitrogens with zero attached hydrogens (tertiary/aromatic N) is 6. The van der Waals surface area contributed by atoms with Gasteiger partial charge >= 0.3 is 12.7 Å². The van der Waals surface area contributed by atoms with Crippen molar-refractivity contribution in [1.29, 1.82) is 0 Å². The van der Waals surface area contributed by atoms with Crippen LogP contribution in [0.15, 0.2) is 48.9 Å². The molecule has 5 rings (SSSR count). The molecule has 1 fully saturated rings. The monoisotopic (exact) mass is 799 g/mol. The largest absolute Gasteiger partial charge is 0.444 e. The number of ether oxygens (including phenoxy) is 2. The van der Waals surface area contributed by atoms with Gasteiger partial charge in [-0.3, -0.25) is 14.0 Å². The molecule has 17 heteroatoms. The van der Waals surface area contributed by atoms with Gasteiger partial charge in [-0.1, -0.05) is 6.92 Å². The van der Waals surface area contributed by atoms with Gasteiger partial charge < -0.3 is 34.4 Å². The minimum atomic E-state index is -3.31. The van der Waals surface area contributed by atoms with Crippen molar-refractivity contribution in [1.82, 2.24) is 29.5 Å². The molecule has 3 heterocycles. The molecule has 4 aromatic rings. The number of imidazole rings is 1. The lowest BCUT2D eigenvalue weighted by atomic mass is 10.0. The molecule has 1 saturated heterocycles. The van der Waals surface area contributed by atoms with Crippen LogP contribution in [0.5, 0.6) is 5.75 Å². The van der Waals surface area contributed by atoms with Gasteiger partial charge in [-0.05, 0) is 82.3 Å². The summed E-state index contributed by atoms with van der Waals surface area (Å²) in [6.07, 6.45) is 7.04. The molecule has 0 atom stereocenters. The van der Waals surface area contributed by atoms with Crippen LogP contribution in [-0.4, -0.2) is 119 Å². The van der Waals surface area contributed by atoms with E-state index < -0.39 is 29.6 Å². The molecule has 0 aliphatic carbocycles. The van der Waals surface area contributed by atoms with Crippen molar-refractivity contribution in [2.45, 2.75) is 65.6 Å². The summed E-state index contributed by atoms with van der Waals surface area (Å²) in [5.74, 6) is -3.62. The number of piperazine rings is 1. The molecule has 1 aliphatic rings. The van der Waals surface area contributed by atoms with Gasteiger partial charge in [0.2, 0.25) is 5.82 Å². The number of carbonyl (C=O) groups excluding carboxylic acids is 3. The fourth-order valence-electron chi connectivity index (χ4n) is 6.59. The van der Waals surface area contributed by atoms with Gasteiger partial charge in [0.25, 0.3) is 11.8 Å². The number of aromatic nitrogens is 3. The summed E-state index contributed by atoms with van der Waals surface area (Å²) in [6, 6.07) is 7.37. The van der Waals surface area contributed by atoms with Crippen LogP contribution in [0.25, 0.3) is 16.9 Å². The second-order valence-corrected chi connectivity index (χ2v) is 15.6. The number of anilines is 2. The summed E-state index contributed by atoms with van der Waals surface area (Å²) < 4.78 is 66.2. The first-order chi connectivity index (χ1) is 27.0. The molecule has 3 amide bonds. The quantitative estimate of drug-likeness (QED) is 0.0779. The zero-order valence-corrected chi connectivity index (χ0v) is 33.2. The van der Waals surface area contributed by atoms with Gasteiger partial charge in [-0.15, -0.1) is 0 Å². The lowest BCUT2D eigenvalue weighted by molar-refractivity contribution is -0.883. The Bertz CT molecular complexity index is 2060. The summed E-state index contributed by atoms with van der Waals surface area (Å²) in [5, 5.41) is 6.20. The topological polar surface area (TPSA) is 130 Å². The van der Waals surface area contributed by atoms with Crippen LogP contribution < -0.4 is 15.4 Å². The number of likely N-dealkylation sites (N-methyl/N-ethyl adjacent to an activating group) is 1. The van der Waals surface area contributed by atoms with E-state index in [-0.39, 0.29) is 29.2 Å². The molecule has 0 radical (unpaired) electrons. The highest BCUT2D eigenvalue weighted by Gasteiger charge is 2.30. The summed E-state index contributed by atoms with van der Waals surface area (Å²) >= 11 is 0. The third-order valence-electron chi connectivity index (χ3n) is 9.53. The second-order valence-electron chi connectivity index (χ2n) is 15.6. The fraction of sp³-hybridized carbons (Fsp3) is 0.475. The first-order valence-electron chi connectivity index (χ1n) is 19.0. The Morgan fingerprint density at radius 3 is 2.35 bits per heavy atom. The highest BCUT2D eigenvalue weighted by molar-refractivity contribution is 5.96. The molecular weight excluding hydrogens is 748 g/mol. The molecule has 0 unspecified atom stereocenters. The third-order valence-corrected chi connectivity index (χ3v) is 9.53. The highest BCUT2D eigenvalue weighted by atomic mass is 19.3. The lowest BCUT2D eigenvalue weighted by Gasteiger charge is -2.37. The minimum absolute atomic E-state index is 0.0631. The van der Waals surface area contributed by atoms with E-state index in [1.54, 1.807) is 17.0 Å². The molecule has 1 aliphatic heterocycles. The first-order valence-corrected chi connectivity index (χ1v) is 19.0. The standard InChI is InChI=1S/C40H50F4N8O5/c1-7-26-23-27(48-35-36-47-24-30(51(36)17-16-45-35)29-13-14-31(56-38(43)44)34(42)33(29)41)11-12-28(26)37(54)46-15-9-8-10-22-52(5,6)25-32(53)49-18-20-50(21-19-49)39(55)57-40(2,3)4/h11-14,16-17,23-24,38H,7-10,15,18-22,25H2,1-6H3,(H-,45,46,48,54)/p+1. The number of aryl methyl sites for hydroxylation is 1. The van der Waals surface area contributed by atoms with E-state index in [2.05, 4.69) is 25.3 Å². The summed E-state index contributed by atoms with van der Waals surface area (Å²) in [5.41, 5.74) is 1.65. The first kappa shape index (κ1) is 42.7. The molecule has 0 spiro atoms. The molecule has 2 aromatic carbocycles. The molecular formula is C40H51F4N8O5+. The minimum Gasteiger partial charge on any atom is -0.444 e. The van der Waals surface area contributed by atoms with Crippen LogP contribution in [-0.2, 0) is 16.0 Å². The Morgan fingerprint density at radius 2 is 1.67 bits per heavy atom. The maximum absolute atomic E-state index is 14.9. The molecule has 13 nitrogen and oxygen atoms in total. The van der Waals surface area contributed by atoms with E-state index in [1.165, 1.54) is 23.0 Å². The number of benzene rings is 2. The SMILES string of the molecule is CCc1cc(Nc2nccn3c(-c4ccc(OC(F)F)c(F)c4F)cnc23)ccc1C(=O)NCCCCC[N+](C)(C)CC(=O)N1CCN(C(=O)OC(C)(C)C)CC1. The molecule has 57 heavy (non-hydrogen) atoms. The van der Waals surface area contributed by atoms with Crippen LogP contribution in [0.4, 0.5) is 33.9 Å². The van der Waals surface area contributed by atoms with E-state index in [9.17, 15) is 31.9 Å². The smallest absolute Gasteiger partial charge is 0.410 e. The van der Waals surface area contributed by atoms with Crippen molar-refractivity contribution in [2.75, 3.05) is 65.2 Å². The summed E-state index contributed by atoms with van der Waals surface area (Å²) in [4.78, 5) is 50.8. The fourth-order valence-corrected chi connectivity index (χ4v) is 6.59. The zero-order chi connectivity index (χ0) is 41.5. The summed E-state index contributed by atoms with van der Waals surface area (Å²) in [6.45, 7) is 7.64. The van der Waals surface area contributed by atoms with Crippen LogP contribution in [0.1, 0.15) is 62.9 Å². The average molecular weight is 800 g/mol. The number of halogens is 4. The average Bonchev–Trinajstić information content (AvgIpc) is 3.58. The maximum atomic E-state index is 14.9. The van der Waals surface area contributed by atoms with Crippen molar-refractivity contribution in [3.8, 4) is 17.0 Å². The Balaban J connectivity index is 1.09. The predicted molar refractivity (Wildman–Crippen MR) is 206 cm³/mol. The van der Waals surface area contributed by atoms with E-state index in [0.29, 0.717) is 72.9 Å². The number of nitrogens with one attached hydrogen (secondary N) is 2. The number of amides is 3. The predicted octanol–water partition coefficient (Wildman–Crippen LogP) is 6.64. The van der Waals surface area contributed by atoms with E-state index >= 15 is 0 Å². The van der Waals surface area contributed by atoms with E-state index in [0.717, 1.165) is 43.5 Å². The maximum Gasteiger partial charge on any atom is 0.410 e. The van der Waals surface area contributed by atoms with Crippen molar-refractivity contribution in [3.05, 3.63) is 71.7 Å². The van der Waals surface area contributed by atoms with Crippen molar-refractivity contribution >= 4 is 35.1 Å². The Labute approximate surface area is 329 Å². The van der Waals surface area contributed by atoms with Crippen LogP contribution >= 0.6 is 0 Å². The van der Waals surface area contributed by atoms with Crippen LogP contribution in [0.3, 0.4) is 0 Å². The van der Waals surface area contributed by atoms with Gasteiger partial charge in [0.15, 0.2) is 29.6 Å². The molecule has 308 valence electrons. The molecule has 2 N–H and O–H groups in total. The number of carbonyl (C=O) groups is 3. The Morgan fingerprint density at radius 1 is 0.947 bits per heavy atom. The number of unbranched alkanes of at least 4 members (excludes halogenated alkanes) is 2. The number of rotatable bonds is 15. The number of hydrogen-bond donors (Lipinski definition) is 2. The van der Waals surface area contributed by atoms with Gasteiger partial charge in [0, 0.05) is 61.9 Å². The normalized spacial score (nSPS) is 13.6. The third kappa shape index (κ3) is 11.1. The second kappa shape index (κ2) is 18.2. The number of quaternary nitrogens is 1. The van der Waals surface area contributed by atoms with Gasteiger partial charge in [0.05, 0.1) is 32.5 Å². The number of fused-ring (bicyclic) bond motifs is 1. The van der Waals surface area contributed by atoms with Crippen LogP contribution in [0.2, 0.25) is 0 Å².